The van der Waals surface area contributed by atoms with Gasteiger partial charge in [0.2, 0.25) is 0 Å². The van der Waals surface area contributed by atoms with Crippen LogP contribution in [0.3, 0.4) is 0 Å². The van der Waals surface area contributed by atoms with Gasteiger partial charge in [0.25, 0.3) is 0 Å². The van der Waals surface area contributed by atoms with Crippen molar-refractivity contribution in [1.29, 1.82) is 0 Å². The fourth-order valence-electron chi connectivity index (χ4n) is 3.34. The van der Waals surface area contributed by atoms with Gasteiger partial charge in [-0.05, 0) is 36.6 Å². The van der Waals surface area contributed by atoms with Crippen LogP contribution in [0.15, 0.2) is 67.0 Å². The lowest BCUT2D eigenvalue weighted by atomic mass is 10.1. The molecule has 0 radical (unpaired) electrons. The lowest BCUT2D eigenvalue weighted by Crippen LogP contribution is -2.28. The molecule has 0 unspecified atom stereocenters. The first-order chi connectivity index (χ1) is 13.8. The molecule has 28 heavy (non-hydrogen) atoms. The molecule has 1 aromatic carbocycles. The van der Waals surface area contributed by atoms with Crippen LogP contribution in [0, 0.1) is 0 Å². The first-order valence-corrected chi connectivity index (χ1v) is 9.55. The van der Waals surface area contributed by atoms with E-state index < -0.39 is 0 Å². The average Bonchev–Trinajstić information content (AvgIpc) is 3.29. The molecule has 0 atom stereocenters. The Hall–Kier alpha value is -3.41. The molecule has 1 saturated heterocycles. The Kier molecular flexibility index (Phi) is 5.47. The predicted octanol–water partition coefficient (Wildman–Crippen LogP) is 4.07. The summed E-state index contributed by atoms with van der Waals surface area (Å²) in [5.41, 5.74) is 3.34. The summed E-state index contributed by atoms with van der Waals surface area (Å²) in [4.78, 5) is 23.6. The number of rotatable bonds is 5. The minimum absolute atomic E-state index is 0.270. The third-order valence-electron chi connectivity index (χ3n) is 4.80. The van der Waals surface area contributed by atoms with Crippen molar-refractivity contribution in [3.63, 3.8) is 0 Å². The second-order valence-electron chi connectivity index (χ2n) is 6.79. The molecular weight excluding hydrogens is 350 g/mol. The van der Waals surface area contributed by atoms with Crippen LogP contribution < -0.4 is 15.5 Å². The number of nitrogens with one attached hydrogen (secondary N) is 2. The van der Waals surface area contributed by atoms with Crippen molar-refractivity contribution in [2.75, 3.05) is 23.3 Å². The number of carbonyl (C=O) groups excluding carboxylic acids is 1. The van der Waals surface area contributed by atoms with E-state index in [1.807, 2.05) is 60.8 Å². The molecule has 0 saturated carbocycles. The Morgan fingerprint density at radius 3 is 2.54 bits per heavy atom. The molecule has 4 rings (SSSR count). The fraction of sp³-hybridized carbons (Fsp3) is 0.227. The summed E-state index contributed by atoms with van der Waals surface area (Å²) in [7, 11) is 0. The van der Waals surface area contributed by atoms with Gasteiger partial charge in [-0.2, -0.15) is 0 Å². The summed E-state index contributed by atoms with van der Waals surface area (Å²) < 4.78 is 0. The minimum atomic E-state index is -0.270. The van der Waals surface area contributed by atoms with Crippen LogP contribution in [0.4, 0.5) is 16.3 Å². The predicted molar refractivity (Wildman–Crippen MR) is 111 cm³/mol. The van der Waals surface area contributed by atoms with E-state index in [1.165, 1.54) is 12.8 Å². The number of nitrogens with zero attached hydrogens (tertiary/aromatic N) is 3. The normalized spacial score (nSPS) is 13.4. The first kappa shape index (κ1) is 18.0. The Labute approximate surface area is 164 Å². The summed E-state index contributed by atoms with van der Waals surface area (Å²) in [6.45, 7) is 2.56. The van der Waals surface area contributed by atoms with E-state index in [-0.39, 0.29) is 6.03 Å². The van der Waals surface area contributed by atoms with E-state index in [9.17, 15) is 4.79 Å². The molecule has 6 nitrogen and oxygen atoms in total. The van der Waals surface area contributed by atoms with Gasteiger partial charge in [0.05, 0.1) is 11.4 Å². The zero-order valence-corrected chi connectivity index (χ0v) is 15.6. The molecule has 0 bridgehead atoms. The zero-order chi connectivity index (χ0) is 19.2. The Morgan fingerprint density at radius 2 is 1.79 bits per heavy atom. The average molecular weight is 373 g/mol. The number of pyridine rings is 2. The maximum atomic E-state index is 12.4. The topological polar surface area (TPSA) is 70.2 Å². The standard InChI is InChI=1S/C22H23N5O/c28-22(25-16-17-10-11-20(24-15-17)27-13-4-5-14-27)26-19-9-6-12-23-21(19)18-7-2-1-3-8-18/h1-3,6-12,15H,4-5,13-14,16H2,(H2,25,26,28). The number of aromatic nitrogens is 2. The van der Waals surface area contributed by atoms with Crippen LogP contribution in [0.25, 0.3) is 11.3 Å². The maximum Gasteiger partial charge on any atom is 0.319 e. The van der Waals surface area contributed by atoms with E-state index in [2.05, 4.69) is 25.5 Å². The molecule has 2 amide bonds. The molecule has 2 aromatic heterocycles. The van der Waals surface area contributed by atoms with Gasteiger partial charge in [-0.15, -0.1) is 0 Å². The SMILES string of the molecule is O=C(NCc1ccc(N2CCCC2)nc1)Nc1cccnc1-c1ccccc1. The number of anilines is 2. The number of hydrogen-bond donors (Lipinski definition) is 2. The Morgan fingerprint density at radius 1 is 0.964 bits per heavy atom. The lowest BCUT2D eigenvalue weighted by Gasteiger charge is -2.16. The van der Waals surface area contributed by atoms with Crippen molar-refractivity contribution >= 4 is 17.5 Å². The largest absolute Gasteiger partial charge is 0.357 e. The summed E-state index contributed by atoms with van der Waals surface area (Å²) >= 11 is 0. The molecule has 142 valence electrons. The molecular formula is C22H23N5O. The number of carbonyl (C=O) groups is 1. The first-order valence-electron chi connectivity index (χ1n) is 9.55. The highest BCUT2D eigenvalue weighted by Gasteiger charge is 2.13. The lowest BCUT2D eigenvalue weighted by molar-refractivity contribution is 0.251. The van der Waals surface area contributed by atoms with Gasteiger partial charge >= 0.3 is 6.03 Å². The molecule has 3 heterocycles. The van der Waals surface area contributed by atoms with Crippen LogP contribution in [0.1, 0.15) is 18.4 Å². The molecule has 0 spiro atoms. The second-order valence-corrected chi connectivity index (χ2v) is 6.79. The number of benzene rings is 1. The van der Waals surface area contributed by atoms with Gasteiger partial charge in [0.15, 0.2) is 0 Å². The highest BCUT2D eigenvalue weighted by molar-refractivity contribution is 5.93. The Bertz CT molecular complexity index is 921. The molecule has 1 fully saturated rings. The number of amides is 2. The Balaban J connectivity index is 1.36. The maximum absolute atomic E-state index is 12.4. The van der Waals surface area contributed by atoms with E-state index in [0.29, 0.717) is 12.2 Å². The van der Waals surface area contributed by atoms with Crippen LogP contribution in [0.2, 0.25) is 0 Å². The molecule has 1 aliphatic heterocycles. The quantitative estimate of drug-likeness (QED) is 0.707. The van der Waals surface area contributed by atoms with Crippen molar-refractivity contribution in [2.24, 2.45) is 0 Å². The van der Waals surface area contributed by atoms with E-state index >= 15 is 0 Å². The van der Waals surface area contributed by atoms with Gasteiger partial charge in [-0.1, -0.05) is 36.4 Å². The molecule has 3 aromatic rings. The van der Waals surface area contributed by atoms with Gasteiger partial charge in [-0.3, -0.25) is 4.98 Å². The monoisotopic (exact) mass is 373 g/mol. The summed E-state index contributed by atoms with van der Waals surface area (Å²) in [5, 5.41) is 5.78. The highest BCUT2D eigenvalue weighted by Crippen LogP contribution is 2.25. The van der Waals surface area contributed by atoms with Crippen molar-refractivity contribution in [2.45, 2.75) is 19.4 Å². The van der Waals surface area contributed by atoms with E-state index in [0.717, 1.165) is 35.7 Å². The van der Waals surface area contributed by atoms with E-state index in [1.54, 1.807) is 6.20 Å². The molecule has 0 aliphatic carbocycles. The van der Waals surface area contributed by atoms with Crippen LogP contribution in [0.5, 0.6) is 0 Å². The smallest absolute Gasteiger partial charge is 0.319 e. The van der Waals surface area contributed by atoms with Crippen molar-refractivity contribution in [3.05, 3.63) is 72.6 Å². The van der Waals surface area contributed by atoms with Gasteiger partial charge < -0.3 is 15.5 Å². The molecule has 1 aliphatic rings. The highest BCUT2D eigenvalue weighted by atomic mass is 16.2. The minimum Gasteiger partial charge on any atom is -0.357 e. The van der Waals surface area contributed by atoms with Crippen molar-refractivity contribution in [1.82, 2.24) is 15.3 Å². The summed E-state index contributed by atoms with van der Waals surface area (Å²) in [6.07, 6.45) is 6.00. The fourth-order valence-corrected chi connectivity index (χ4v) is 3.34. The van der Waals surface area contributed by atoms with Crippen LogP contribution >= 0.6 is 0 Å². The van der Waals surface area contributed by atoms with Crippen LogP contribution in [-0.2, 0) is 6.54 Å². The molecule has 6 heteroatoms. The summed E-state index contributed by atoms with van der Waals surface area (Å²) in [6, 6.07) is 17.2. The van der Waals surface area contributed by atoms with E-state index in [4.69, 9.17) is 0 Å². The van der Waals surface area contributed by atoms with Gasteiger partial charge in [-0.25, -0.2) is 9.78 Å². The third-order valence-corrected chi connectivity index (χ3v) is 4.80. The number of hydrogen-bond acceptors (Lipinski definition) is 4. The zero-order valence-electron chi connectivity index (χ0n) is 15.6. The third kappa shape index (κ3) is 4.28. The van der Waals surface area contributed by atoms with Crippen LogP contribution in [-0.4, -0.2) is 29.1 Å². The number of urea groups is 1. The van der Waals surface area contributed by atoms with Gasteiger partial charge in [0, 0.05) is 37.6 Å². The van der Waals surface area contributed by atoms with Crippen molar-refractivity contribution in [3.8, 4) is 11.3 Å². The summed E-state index contributed by atoms with van der Waals surface area (Å²) in [5.74, 6) is 1.01. The second kappa shape index (κ2) is 8.52. The van der Waals surface area contributed by atoms with Gasteiger partial charge in [0.1, 0.15) is 5.82 Å². The van der Waals surface area contributed by atoms with Crippen molar-refractivity contribution < 1.29 is 4.79 Å². The molecule has 2 N–H and O–H groups in total.